The standard InChI is InChI=1S/C22H21N3O5S/c1-17-6-10-20(11-7-17)31(29,30)25(16-22(26)23-27)21-5-3-2-4-19(21)9-8-18-12-14-24(28)15-13-18/h2-15,27H,16H2,1H3,(H,23,26)/b9-8+. The van der Waals surface area contributed by atoms with E-state index in [4.69, 9.17) is 5.21 Å². The molecule has 0 bridgehead atoms. The molecule has 0 aliphatic rings. The molecule has 2 aromatic carbocycles. The minimum absolute atomic E-state index is 0.0191. The summed E-state index contributed by atoms with van der Waals surface area (Å²) in [5.41, 5.74) is 3.91. The lowest BCUT2D eigenvalue weighted by atomic mass is 10.1. The van der Waals surface area contributed by atoms with Crippen LogP contribution in [0.5, 0.6) is 0 Å². The van der Waals surface area contributed by atoms with Crippen molar-refractivity contribution in [2.75, 3.05) is 10.8 Å². The first kappa shape index (κ1) is 22.0. The predicted molar refractivity (Wildman–Crippen MR) is 116 cm³/mol. The highest BCUT2D eigenvalue weighted by molar-refractivity contribution is 7.92. The Hall–Kier alpha value is -3.69. The first-order chi connectivity index (χ1) is 14.8. The number of nitrogens with one attached hydrogen (secondary N) is 1. The quantitative estimate of drug-likeness (QED) is 0.254. The maximum absolute atomic E-state index is 13.4. The molecule has 1 heterocycles. The van der Waals surface area contributed by atoms with Crippen LogP contribution in [-0.2, 0) is 14.8 Å². The van der Waals surface area contributed by atoms with E-state index >= 15 is 0 Å². The summed E-state index contributed by atoms with van der Waals surface area (Å²) in [6.07, 6.45) is 6.12. The number of amides is 1. The lowest BCUT2D eigenvalue weighted by molar-refractivity contribution is -0.605. The summed E-state index contributed by atoms with van der Waals surface area (Å²) in [4.78, 5) is 12.0. The van der Waals surface area contributed by atoms with Crippen LogP contribution >= 0.6 is 0 Å². The Morgan fingerprint density at radius 2 is 1.71 bits per heavy atom. The lowest BCUT2D eigenvalue weighted by Gasteiger charge is -2.25. The van der Waals surface area contributed by atoms with Crippen LogP contribution in [0.15, 0.2) is 78.0 Å². The molecular weight excluding hydrogens is 418 g/mol. The van der Waals surface area contributed by atoms with E-state index in [2.05, 4.69) is 0 Å². The summed E-state index contributed by atoms with van der Waals surface area (Å²) in [6.45, 7) is 1.23. The number of para-hydroxylation sites is 1. The third-order valence-electron chi connectivity index (χ3n) is 4.51. The average molecular weight is 439 g/mol. The van der Waals surface area contributed by atoms with Gasteiger partial charge in [-0.05, 0) is 36.2 Å². The molecule has 8 nitrogen and oxygen atoms in total. The number of anilines is 1. The molecule has 0 aliphatic carbocycles. The van der Waals surface area contributed by atoms with Gasteiger partial charge in [-0.25, -0.2) is 13.9 Å². The van der Waals surface area contributed by atoms with Gasteiger partial charge in [-0.3, -0.25) is 14.3 Å². The third-order valence-corrected chi connectivity index (χ3v) is 6.28. The Morgan fingerprint density at radius 1 is 1.06 bits per heavy atom. The number of sulfonamides is 1. The molecule has 1 amide bonds. The van der Waals surface area contributed by atoms with Crippen LogP contribution in [0.1, 0.15) is 16.7 Å². The van der Waals surface area contributed by atoms with Gasteiger partial charge in [0.15, 0.2) is 12.4 Å². The number of hydroxylamine groups is 1. The maximum Gasteiger partial charge on any atom is 0.264 e. The first-order valence-electron chi connectivity index (χ1n) is 9.29. The molecular formula is C22H21N3O5S. The smallest absolute Gasteiger partial charge is 0.264 e. The van der Waals surface area contributed by atoms with Crippen LogP contribution in [0, 0.1) is 12.1 Å². The largest absolute Gasteiger partial charge is 0.619 e. The van der Waals surface area contributed by atoms with Crippen LogP contribution in [0.3, 0.4) is 0 Å². The highest BCUT2D eigenvalue weighted by Gasteiger charge is 2.28. The van der Waals surface area contributed by atoms with Gasteiger partial charge in [0.25, 0.3) is 15.9 Å². The Labute approximate surface area is 180 Å². The van der Waals surface area contributed by atoms with Crippen molar-refractivity contribution in [3.8, 4) is 0 Å². The zero-order valence-electron chi connectivity index (χ0n) is 16.7. The summed E-state index contributed by atoms with van der Waals surface area (Å²) in [5, 5.41) is 20.2. The van der Waals surface area contributed by atoms with E-state index in [-0.39, 0.29) is 10.6 Å². The normalized spacial score (nSPS) is 11.4. The van der Waals surface area contributed by atoms with Gasteiger partial charge in [0.2, 0.25) is 0 Å². The molecule has 31 heavy (non-hydrogen) atoms. The van der Waals surface area contributed by atoms with Crippen molar-refractivity contribution in [1.29, 1.82) is 0 Å². The number of aryl methyl sites for hydroxylation is 1. The van der Waals surface area contributed by atoms with Crippen molar-refractivity contribution in [3.05, 3.63) is 95.0 Å². The van der Waals surface area contributed by atoms with Crippen molar-refractivity contribution in [2.24, 2.45) is 0 Å². The molecule has 2 N–H and O–H groups in total. The lowest BCUT2D eigenvalue weighted by Crippen LogP contribution is -2.40. The number of carbonyl (C=O) groups excluding carboxylic acids is 1. The molecule has 0 atom stereocenters. The predicted octanol–water partition coefficient (Wildman–Crippen LogP) is 2.50. The Balaban J connectivity index is 2.06. The summed E-state index contributed by atoms with van der Waals surface area (Å²) in [7, 11) is -4.10. The molecule has 3 rings (SSSR count). The summed E-state index contributed by atoms with van der Waals surface area (Å²) in [6, 6.07) is 16.2. The number of carbonyl (C=O) groups is 1. The Kier molecular flexibility index (Phi) is 6.68. The van der Waals surface area contributed by atoms with Gasteiger partial charge in [-0.1, -0.05) is 48.0 Å². The summed E-state index contributed by atoms with van der Waals surface area (Å²) >= 11 is 0. The number of hydrogen-bond acceptors (Lipinski definition) is 5. The van der Waals surface area contributed by atoms with Gasteiger partial charge in [-0.15, -0.1) is 0 Å². The minimum Gasteiger partial charge on any atom is -0.619 e. The molecule has 0 spiro atoms. The summed E-state index contributed by atoms with van der Waals surface area (Å²) < 4.78 is 28.3. The van der Waals surface area contributed by atoms with E-state index < -0.39 is 22.5 Å². The first-order valence-corrected chi connectivity index (χ1v) is 10.7. The SMILES string of the molecule is Cc1ccc(S(=O)(=O)N(CC(=O)NO)c2ccccc2/C=C/c2cc[n+]([O-])cc2)cc1. The van der Waals surface area contributed by atoms with E-state index in [0.717, 1.165) is 15.4 Å². The van der Waals surface area contributed by atoms with E-state index in [9.17, 15) is 18.4 Å². The topological polar surface area (TPSA) is 114 Å². The van der Waals surface area contributed by atoms with Crippen molar-refractivity contribution in [2.45, 2.75) is 11.8 Å². The Morgan fingerprint density at radius 3 is 2.35 bits per heavy atom. The zero-order valence-corrected chi connectivity index (χ0v) is 17.5. The fourth-order valence-electron chi connectivity index (χ4n) is 2.88. The second-order valence-corrected chi connectivity index (χ2v) is 8.61. The van der Waals surface area contributed by atoms with E-state index in [1.54, 1.807) is 60.7 Å². The van der Waals surface area contributed by atoms with Gasteiger partial charge in [0, 0.05) is 12.1 Å². The monoisotopic (exact) mass is 439 g/mol. The minimum atomic E-state index is -4.10. The second kappa shape index (κ2) is 9.41. The molecule has 0 aliphatic heterocycles. The van der Waals surface area contributed by atoms with Crippen molar-refractivity contribution < 1.29 is 23.1 Å². The van der Waals surface area contributed by atoms with Gasteiger partial charge in [0.05, 0.1) is 10.6 Å². The molecule has 0 unspecified atom stereocenters. The molecule has 0 radical (unpaired) electrons. The highest BCUT2D eigenvalue weighted by Crippen LogP contribution is 2.28. The molecule has 9 heteroatoms. The number of pyridine rings is 1. The number of nitrogens with zero attached hydrogens (tertiary/aromatic N) is 2. The van der Waals surface area contributed by atoms with Crippen LogP contribution < -0.4 is 14.5 Å². The third kappa shape index (κ3) is 5.27. The molecule has 160 valence electrons. The maximum atomic E-state index is 13.4. The molecule has 3 aromatic rings. The zero-order chi connectivity index (χ0) is 22.4. The Bertz CT molecular complexity index is 1190. The second-order valence-electron chi connectivity index (χ2n) is 6.74. The summed E-state index contributed by atoms with van der Waals surface area (Å²) in [5.74, 6) is -0.877. The number of rotatable bonds is 7. The van der Waals surface area contributed by atoms with Gasteiger partial charge in [-0.2, -0.15) is 4.73 Å². The fraction of sp³-hybridized carbons (Fsp3) is 0.0909. The van der Waals surface area contributed by atoms with Crippen LogP contribution in [0.2, 0.25) is 0 Å². The van der Waals surface area contributed by atoms with Crippen LogP contribution in [0.4, 0.5) is 5.69 Å². The molecule has 0 saturated carbocycles. The van der Waals surface area contributed by atoms with Gasteiger partial charge < -0.3 is 5.21 Å². The molecule has 0 fully saturated rings. The number of aromatic nitrogens is 1. The van der Waals surface area contributed by atoms with E-state index in [0.29, 0.717) is 10.3 Å². The van der Waals surface area contributed by atoms with Crippen molar-refractivity contribution in [1.82, 2.24) is 5.48 Å². The fourth-order valence-corrected chi connectivity index (χ4v) is 4.33. The number of benzene rings is 2. The number of hydrogen-bond donors (Lipinski definition) is 2. The van der Waals surface area contributed by atoms with Crippen LogP contribution in [-0.4, -0.2) is 26.1 Å². The highest BCUT2D eigenvalue weighted by atomic mass is 32.2. The van der Waals surface area contributed by atoms with Gasteiger partial charge in [0.1, 0.15) is 6.54 Å². The average Bonchev–Trinajstić information content (AvgIpc) is 2.77. The van der Waals surface area contributed by atoms with Gasteiger partial charge >= 0.3 is 0 Å². The van der Waals surface area contributed by atoms with Crippen LogP contribution in [0.25, 0.3) is 12.2 Å². The molecule has 0 saturated heterocycles. The molecule has 1 aromatic heterocycles. The van der Waals surface area contributed by atoms with E-state index in [1.165, 1.54) is 30.0 Å². The van der Waals surface area contributed by atoms with Crippen molar-refractivity contribution in [3.63, 3.8) is 0 Å². The van der Waals surface area contributed by atoms with E-state index in [1.807, 2.05) is 6.92 Å². The van der Waals surface area contributed by atoms with Crippen molar-refractivity contribution >= 4 is 33.8 Å².